The van der Waals surface area contributed by atoms with E-state index in [2.05, 4.69) is 21.3 Å². The molecule has 2 rings (SSSR count). The molecule has 5 nitrogen and oxygen atoms in total. The van der Waals surface area contributed by atoms with Gasteiger partial charge < -0.3 is 15.0 Å². The number of pyridine rings is 1. The van der Waals surface area contributed by atoms with Crippen molar-refractivity contribution in [2.24, 2.45) is 0 Å². The van der Waals surface area contributed by atoms with Gasteiger partial charge in [0.25, 0.3) is 0 Å². The molecular weight excluding hydrogens is 216 g/mol. The summed E-state index contributed by atoms with van der Waals surface area (Å²) in [5.41, 5.74) is 0. The first-order valence-electron chi connectivity index (χ1n) is 5.80. The predicted molar refractivity (Wildman–Crippen MR) is 66.0 cm³/mol. The molecule has 1 unspecified atom stereocenters. The molecule has 0 aliphatic carbocycles. The molecule has 0 spiro atoms. The summed E-state index contributed by atoms with van der Waals surface area (Å²) in [6.07, 6.45) is -0.353. The van der Waals surface area contributed by atoms with Crippen LogP contribution >= 0.6 is 0 Å². The van der Waals surface area contributed by atoms with E-state index < -0.39 is 0 Å². The Hall–Kier alpha value is -1.80. The summed E-state index contributed by atoms with van der Waals surface area (Å²) in [6.45, 7) is 4.82. The van der Waals surface area contributed by atoms with Crippen LogP contribution in [0.3, 0.4) is 0 Å². The van der Waals surface area contributed by atoms with Crippen molar-refractivity contribution in [1.29, 1.82) is 5.26 Å². The van der Waals surface area contributed by atoms with E-state index in [-0.39, 0.29) is 6.10 Å². The van der Waals surface area contributed by atoms with Crippen LogP contribution in [0.25, 0.3) is 0 Å². The maximum Gasteiger partial charge on any atom is 0.161 e. The Labute approximate surface area is 101 Å². The van der Waals surface area contributed by atoms with Crippen LogP contribution in [0.1, 0.15) is 6.92 Å². The smallest absolute Gasteiger partial charge is 0.161 e. The molecule has 90 valence electrons. The first kappa shape index (κ1) is 11.7. The van der Waals surface area contributed by atoms with E-state index in [0.717, 1.165) is 24.7 Å². The Kier molecular flexibility index (Phi) is 3.78. The van der Waals surface area contributed by atoms with Gasteiger partial charge in [-0.2, -0.15) is 5.26 Å². The van der Waals surface area contributed by atoms with Gasteiger partial charge in [0.15, 0.2) is 6.10 Å². The molecule has 1 fully saturated rings. The number of hydrogen-bond acceptors (Lipinski definition) is 5. The van der Waals surface area contributed by atoms with Gasteiger partial charge in [0.2, 0.25) is 0 Å². The molecule has 1 aliphatic rings. The SMILES string of the molecule is CCNc1cccc(N2CCOC(C#N)C2)n1. The summed E-state index contributed by atoms with van der Waals surface area (Å²) in [7, 11) is 0. The van der Waals surface area contributed by atoms with Gasteiger partial charge in [-0.3, -0.25) is 0 Å². The van der Waals surface area contributed by atoms with Crippen molar-refractivity contribution in [2.45, 2.75) is 13.0 Å². The fourth-order valence-electron chi connectivity index (χ4n) is 1.81. The van der Waals surface area contributed by atoms with Crippen molar-refractivity contribution in [3.05, 3.63) is 18.2 Å². The predicted octanol–water partition coefficient (Wildman–Crippen LogP) is 1.24. The minimum Gasteiger partial charge on any atom is -0.370 e. The van der Waals surface area contributed by atoms with Crippen LogP contribution in [0.5, 0.6) is 0 Å². The third-order valence-corrected chi connectivity index (χ3v) is 2.63. The molecule has 1 atom stereocenters. The quantitative estimate of drug-likeness (QED) is 0.849. The number of anilines is 2. The Morgan fingerprint density at radius 1 is 1.65 bits per heavy atom. The van der Waals surface area contributed by atoms with Gasteiger partial charge in [-0.15, -0.1) is 0 Å². The number of aromatic nitrogens is 1. The summed E-state index contributed by atoms with van der Waals surface area (Å²) in [5.74, 6) is 1.76. The lowest BCUT2D eigenvalue weighted by Gasteiger charge is -2.30. The van der Waals surface area contributed by atoms with E-state index in [1.807, 2.05) is 25.1 Å². The highest BCUT2D eigenvalue weighted by Crippen LogP contribution is 2.17. The fourth-order valence-corrected chi connectivity index (χ4v) is 1.81. The van der Waals surface area contributed by atoms with Crippen LogP contribution in [0.15, 0.2) is 18.2 Å². The number of nitriles is 1. The molecule has 17 heavy (non-hydrogen) atoms. The highest BCUT2D eigenvalue weighted by atomic mass is 16.5. The van der Waals surface area contributed by atoms with Crippen LogP contribution in [-0.2, 0) is 4.74 Å². The summed E-state index contributed by atoms with van der Waals surface area (Å²) >= 11 is 0. The lowest BCUT2D eigenvalue weighted by Crippen LogP contribution is -2.42. The Morgan fingerprint density at radius 3 is 3.29 bits per heavy atom. The number of nitrogens with one attached hydrogen (secondary N) is 1. The van der Waals surface area contributed by atoms with Crippen molar-refractivity contribution in [3.63, 3.8) is 0 Å². The molecule has 1 saturated heterocycles. The van der Waals surface area contributed by atoms with Crippen molar-refractivity contribution < 1.29 is 4.74 Å². The molecule has 1 aromatic rings. The summed E-state index contributed by atoms with van der Waals surface area (Å²) < 4.78 is 5.31. The maximum absolute atomic E-state index is 8.86. The molecule has 1 N–H and O–H groups in total. The molecule has 5 heteroatoms. The first-order valence-corrected chi connectivity index (χ1v) is 5.80. The summed E-state index contributed by atoms with van der Waals surface area (Å²) in [5, 5.41) is 12.0. The molecule has 2 heterocycles. The molecule has 0 radical (unpaired) electrons. The monoisotopic (exact) mass is 232 g/mol. The maximum atomic E-state index is 8.86. The van der Waals surface area contributed by atoms with E-state index in [4.69, 9.17) is 10.00 Å². The van der Waals surface area contributed by atoms with Crippen LogP contribution in [0.4, 0.5) is 11.6 Å². The largest absolute Gasteiger partial charge is 0.370 e. The average Bonchev–Trinajstić information content (AvgIpc) is 2.40. The Morgan fingerprint density at radius 2 is 2.53 bits per heavy atom. The number of hydrogen-bond donors (Lipinski definition) is 1. The zero-order chi connectivity index (χ0) is 12.1. The highest BCUT2D eigenvalue weighted by molar-refractivity contribution is 5.47. The fraction of sp³-hybridized carbons (Fsp3) is 0.500. The second kappa shape index (κ2) is 5.51. The van der Waals surface area contributed by atoms with E-state index in [9.17, 15) is 0 Å². The third kappa shape index (κ3) is 2.86. The zero-order valence-electron chi connectivity index (χ0n) is 9.89. The number of ether oxygens (including phenoxy) is 1. The molecule has 0 amide bonds. The van der Waals surface area contributed by atoms with Crippen molar-refractivity contribution in [1.82, 2.24) is 4.98 Å². The topological polar surface area (TPSA) is 61.2 Å². The van der Waals surface area contributed by atoms with Gasteiger partial charge in [0, 0.05) is 13.1 Å². The molecule has 1 aliphatic heterocycles. The van der Waals surface area contributed by atoms with Crippen LogP contribution < -0.4 is 10.2 Å². The second-order valence-electron chi connectivity index (χ2n) is 3.85. The summed E-state index contributed by atoms with van der Waals surface area (Å²) in [4.78, 5) is 6.59. The van der Waals surface area contributed by atoms with Crippen molar-refractivity contribution in [3.8, 4) is 6.07 Å². The van der Waals surface area contributed by atoms with Crippen LogP contribution in [0, 0.1) is 11.3 Å². The highest BCUT2D eigenvalue weighted by Gasteiger charge is 2.20. The third-order valence-electron chi connectivity index (χ3n) is 2.63. The second-order valence-corrected chi connectivity index (χ2v) is 3.85. The zero-order valence-corrected chi connectivity index (χ0v) is 9.89. The van der Waals surface area contributed by atoms with Gasteiger partial charge in [0.1, 0.15) is 11.6 Å². The summed E-state index contributed by atoms with van der Waals surface area (Å²) in [6, 6.07) is 8.00. The number of nitrogens with zero attached hydrogens (tertiary/aromatic N) is 3. The van der Waals surface area contributed by atoms with Gasteiger partial charge >= 0.3 is 0 Å². The van der Waals surface area contributed by atoms with E-state index in [0.29, 0.717) is 13.2 Å². The van der Waals surface area contributed by atoms with E-state index >= 15 is 0 Å². The molecule has 1 aromatic heterocycles. The van der Waals surface area contributed by atoms with Gasteiger partial charge in [0.05, 0.1) is 19.2 Å². The Balaban J connectivity index is 2.10. The Bertz CT molecular complexity index is 415. The van der Waals surface area contributed by atoms with Gasteiger partial charge in [-0.1, -0.05) is 6.07 Å². The first-order chi connectivity index (χ1) is 8.33. The average molecular weight is 232 g/mol. The minimum absolute atomic E-state index is 0.353. The lowest BCUT2D eigenvalue weighted by molar-refractivity contribution is 0.0761. The minimum atomic E-state index is -0.353. The van der Waals surface area contributed by atoms with Crippen molar-refractivity contribution in [2.75, 3.05) is 36.5 Å². The molecule has 0 bridgehead atoms. The normalized spacial score (nSPS) is 19.8. The van der Waals surface area contributed by atoms with E-state index in [1.165, 1.54) is 0 Å². The number of morpholine rings is 1. The van der Waals surface area contributed by atoms with Crippen LogP contribution in [-0.4, -0.2) is 37.3 Å². The molecular formula is C12H16N4O. The van der Waals surface area contributed by atoms with Gasteiger partial charge in [-0.25, -0.2) is 4.98 Å². The number of rotatable bonds is 3. The lowest BCUT2D eigenvalue weighted by atomic mass is 10.3. The molecule has 0 saturated carbocycles. The van der Waals surface area contributed by atoms with Gasteiger partial charge in [-0.05, 0) is 19.1 Å². The molecule has 0 aromatic carbocycles. The van der Waals surface area contributed by atoms with Crippen molar-refractivity contribution >= 4 is 11.6 Å². The standard InChI is InChI=1S/C12H16N4O/c1-2-14-11-4-3-5-12(15-11)16-6-7-17-10(8-13)9-16/h3-5,10H,2,6-7,9H2,1H3,(H,14,15). The van der Waals surface area contributed by atoms with E-state index in [1.54, 1.807) is 0 Å². The van der Waals surface area contributed by atoms with Crippen LogP contribution in [0.2, 0.25) is 0 Å².